The lowest BCUT2D eigenvalue weighted by molar-refractivity contribution is -0.167. The van der Waals surface area contributed by atoms with Gasteiger partial charge in [-0.3, -0.25) is 14.4 Å². The molecule has 0 saturated heterocycles. The molecule has 0 amide bonds. The molecule has 0 heterocycles. The molecule has 74 heavy (non-hydrogen) atoms. The zero-order valence-corrected chi connectivity index (χ0v) is 48.6. The van der Waals surface area contributed by atoms with Gasteiger partial charge in [-0.1, -0.05) is 291 Å². The summed E-state index contributed by atoms with van der Waals surface area (Å²) in [5.41, 5.74) is 0. The molecule has 1 unspecified atom stereocenters. The van der Waals surface area contributed by atoms with Crippen LogP contribution in [0.1, 0.15) is 297 Å². The van der Waals surface area contributed by atoms with Gasteiger partial charge in [-0.2, -0.15) is 0 Å². The van der Waals surface area contributed by atoms with Crippen LogP contribution in [0.3, 0.4) is 0 Å². The van der Waals surface area contributed by atoms with Crippen molar-refractivity contribution in [2.45, 2.75) is 303 Å². The van der Waals surface area contributed by atoms with Gasteiger partial charge in [0.25, 0.3) is 0 Å². The molecular formula is C68H116O6. The fourth-order valence-electron chi connectivity index (χ4n) is 8.69. The van der Waals surface area contributed by atoms with Gasteiger partial charge in [0.05, 0.1) is 0 Å². The van der Waals surface area contributed by atoms with Crippen LogP contribution >= 0.6 is 0 Å². The maximum atomic E-state index is 12.8. The molecular weight excluding hydrogens is 913 g/mol. The topological polar surface area (TPSA) is 78.9 Å². The number of carbonyl (C=O) groups is 3. The van der Waals surface area contributed by atoms with E-state index in [1.807, 2.05) is 0 Å². The first kappa shape index (κ1) is 70.3. The largest absolute Gasteiger partial charge is 0.462 e. The van der Waals surface area contributed by atoms with E-state index in [1.165, 1.54) is 141 Å². The lowest BCUT2D eigenvalue weighted by atomic mass is 10.0. The molecule has 0 N–H and O–H groups in total. The lowest BCUT2D eigenvalue weighted by Gasteiger charge is -2.18. The van der Waals surface area contributed by atoms with Crippen molar-refractivity contribution >= 4 is 17.9 Å². The molecule has 0 aliphatic rings. The average Bonchev–Trinajstić information content (AvgIpc) is 3.40. The van der Waals surface area contributed by atoms with Crippen LogP contribution < -0.4 is 0 Å². The van der Waals surface area contributed by atoms with Crippen LogP contribution in [0.5, 0.6) is 0 Å². The Labute approximate surface area is 457 Å². The monoisotopic (exact) mass is 1030 g/mol. The predicted molar refractivity (Wildman–Crippen MR) is 320 cm³/mol. The Hall–Kier alpha value is -3.67. The Bertz CT molecular complexity index is 1460. The number of hydrogen-bond acceptors (Lipinski definition) is 6. The van der Waals surface area contributed by atoms with Crippen molar-refractivity contribution in [3.63, 3.8) is 0 Å². The average molecular weight is 1030 g/mol. The smallest absolute Gasteiger partial charge is 0.306 e. The van der Waals surface area contributed by atoms with Crippen LogP contribution in [0.4, 0.5) is 0 Å². The summed E-state index contributed by atoms with van der Waals surface area (Å²) in [7, 11) is 0. The first-order chi connectivity index (χ1) is 36.5. The van der Waals surface area contributed by atoms with Crippen LogP contribution in [0.15, 0.2) is 97.2 Å². The summed E-state index contributed by atoms with van der Waals surface area (Å²) in [4.78, 5) is 38.1. The summed E-state index contributed by atoms with van der Waals surface area (Å²) < 4.78 is 16.8. The second kappa shape index (κ2) is 61.9. The van der Waals surface area contributed by atoms with E-state index >= 15 is 0 Å². The van der Waals surface area contributed by atoms with Gasteiger partial charge in [-0.15, -0.1) is 0 Å². The molecule has 0 radical (unpaired) electrons. The molecule has 0 bridgehead atoms. The number of hydrogen-bond donors (Lipinski definition) is 0. The molecule has 0 aliphatic heterocycles. The predicted octanol–water partition coefficient (Wildman–Crippen LogP) is 21.3. The van der Waals surface area contributed by atoms with Crippen LogP contribution in [0.25, 0.3) is 0 Å². The summed E-state index contributed by atoms with van der Waals surface area (Å²) >= 11 is 0. The molecule has 424 valence electrons. The van der Waals surface area contributed by atoms with E-state index < -0.39 is 6.10 Å². The molecule has 1 atom stereocenters. The first-order valence-corrected chi connectivity index (χ1v) is 31.2. The number of rotatable bonds is 56. The van der Waals surface area contributed by atoms with Crippen molar-refractivity contribution in [2.75, 3.05) is 13.2 Å². The van der Waals surface area contributed by atoms with Crippen molar-refractivity contribution in [1.82, 2.24) is 0 Å². The molecule has 0 saturated carbocycles. The van der Waals surface area contributed by atoms with Crippen molar-refractivity contribution < 1.29 is 28.6 Å². The summed E-state index contributed by atoms with van der Waals surface area (Å²) in [5, 5.41) is 0. The van der Waals surface area contributed by atoms with Crippen molar-refractivity contribution in [2.24, 2.45) is 0 Å². The third-order valence-electron chi connectivity index (χ3n) is 13.4. The molecule has 6 nitrogen and oxygen atoms in total. The standard InChI is InChI=1S/C68H116O6/c1-4-7-10-13-16-19-21-23-25-26-27-28-29-30-31-32-33-34-35-36-37-38-39-40-41-42-43-45-46-49-52-55-58-61-67(70)73-64-65(63-72-66(69)60-57-54-51-48-18-15-12-9-6-3)74-68(71)62-59-56-53-50-47-44-24-22-20-17-14-11-8-5-2/h7,10,16,19,23,25,27-28,30-31,33-34,36-37,39-40,65H,4-6,8-9,11-15,17-18,20-22,24,26,29,32,35,38,41-64H2,1-3H3/b10-7-,19-16-,25-23-,28-27-,31-30-,34-33-,37-36-,40-39-. The molecule has 0 fully saturated rings. The number of carbonyl (C=O) groups excluding carboxylic acids is 3. The minimum Gasteiger partial charge on any atom is -0.462 e. The SMILES string of the molecule is CC/C=C\C/C=C\C/C=C\C/C=C\C/C=C\C/C=C\C/C=C\C/C=C\CCCCCCCCCCC(=O)OCC(COC(=O)CCCCCCCCCCC)OC(=O)CCCCCCCCCCCCCCCC. The van der Waals surface area contributed by atoms with Crippen molar-refractivity contribution in [3.05, 3.63) is 97.2 Å². The highest BCUT2D eigenvalue weighted by atomic mass is 16.6. The van der Waals surface area contributed by atoms with E-state index in [2.05, 4.69) is 118 Å². The Kier molecular flexibility index (Phi) is 58.8. The van der Waals surface area contributed by atoms with Gasteiger partial charge in [0, 0.05) is 19.3 Å². The van der Waals surface area contributed by atoms with Crippen LogP contribution in [-0.4, -0.2) is 37.2 Å². The number of ether oxygens (including phenoxy) is 3. The Morgan fingerprint density at radius 2 is 0.527 bits per heavy atom. The first-order valence-electron chi connectivity index (χ1n) is 31.2. The fourth-order valence-corrected chi connectivity index (χ4v) is 8.69. The zero-order chi connectivity index (χ0) is 53.6. The van der Waals surface area contributed by atoms with Gasteiger partial charge in [-0.05, 0) is 83.5 Å². The minimum atomic E-state index is -0.776. The van der Waals surface area contributed by atoms with E-state index in [0.29, 0.717) is 19.3 Å². The van der Waals surface area contributed by atoms with E-state index in [-0.39, 0.29) is 31.1 Å². The second-order valence-corrected chi connectivity index (χ2v) is 20.6. The molecule has 0 aliphatic carbocycles. The molecule has 0 spiro atoms. The second-order valence-electron chi connectivity index (χ2n) is 20.6. The molecule has 0 rings (SSSR count). The molecule has 6 heteroatoms. The summed E-state index contributed by atoms with van der Waals surface area (Å²) in [6, 6.07) is 0. The number of unbranched alkanes of at least 4 members (excludes halogenated alkanes) is 29. The zero-order valence-electron chi connectivity index (χ0n) is 48.6. The summed E-state index contributed by atoms with van der Waals surface area (Å²) in [5.74, 6) is -0.878. The van der Waals surface area contributed by atoms with E-state index in [4.69, 9.17) is 14.2 Å². The van der Waals surface area contributed by atoms with E-state index in [9.17, 15) is 14.4 Å². The summed E-state index contributed by atoms with van der Waals surface area (Å²) in [6.07, 6.45) is 82.8. The third kappa shape index (κ3) is 59.2. The van der Waals surface area contributed by atoms with Crippen molar-refractivity contribution in [1.29, 1.82) is 0 Å². The maximum absolute atomic E-state index is 12.8. The Balaban J connectivity index is 4.16. The van der Waals surface area contributed by atoms with Crippen LogP contribution in [0, 0.1) is 0 Å². The number of allylic oxidation sites excluding steroid dienone is 16. The Morgan fingerprint density at radius 1 is 0.284 bits per heavy atom. The number of esters is 3. The highest BCUT2D eigenvalue weighted by molar-refractivity contribution is 5.71. The van der Waals surface area contributed by atoms with E-state index in [1.54, 1.807) is 0 Å². The molecule has 0 aromatic rings. The quantitative estimate of drug-likeness (QED) is 0.0261. The molecule has 0 aromatic heterocycles. The van der Waals surface area contributed by atoms with E-state index in [0.717, 1.165) is 116 Å². The normalized spacial score (nSPS) is 12.7. The third-order valence-corrected chi connectivity index (χ3v) is 13.4. The van der Waals surface area contributed by atoms with Gasteiger partial charge < -0.3 is 14.2 Å². The van der Waals surface area contributed by atoms with Gasteiger partial charge in [-0.25, -0.2) is 0 Å². The lowest BCUT2D eigenvalue weighted by Crippen LogP contribution is -2.30. The minimum absolute atomic E-state index is 0.0754. The summed E-state index contributed by atoms with van der Waals surface area (Å²) in [6.45, 7) is 6.52. The van der Waals surface area contributed by atoms with Gasteiger partial charge in [0.1, 0.15) is 13.2 Å². The van der Waals surface area contributed by atoms with Crippen molar-refractivity contribution in [3.8, 4) is 0 Å². The highest BCUT2D eigenvalue weighted by Gasteiger charge is 2.19. The van der Waals surface area contributed by atoms with Crippen LogP contribution in [-0.2, 0) is 28.6 Å². The Morgan fingerprint density at radius 3 is 0.824 bits per heavy atom. The van der Waals surface area contributed by atoms with Crippen LogP contribution in [0.2, 0.25) is 0 Å². The molecule has 0 aromatic carbocycles. The highest BCUT2D eigenvalue weighted by Crippen LogP contribution is 2.16. The van der Waals surface area contributed by atoms with Gasteiger partial charge >= 0.3 is 17.9 Å². The van der Waals surface area contributed by atoms with Gasteiger partial charge in [0.2, 0.25) is 0 Å². The van der Waals surface area contributed by atoms with Gasteiger partial charge in [0.15, 0.2) is 6.10 Å². The maximum Gasteiger partial charge on any atom is 0.306 e. The fraction of sp³-hybridized carbons (Fsp3) is 0.721.